The molecule has 1 fully saturated rings. The van der Waals surface area contributed by atoms with Crippen molar-refractivity contribution in [3.8, 4) is 17.0 Å². The third-order valence-corrected chi connectivity index (χ3v) is 6.92. The molecular formula is C26H25F4N7O4. The average molecular weight is 576 g/mol. The third kappa shape index (κ3) is 5.50. The molecule has 216 valence electrons. The monoisotopic (exact) mass is 575 g/mol. The molecule has 15 heteroatoms. The lowest BCUT2D eigenvalue weighted by atomic mass is 10.0. The van der Waals surface area contributed by atoms with Gasteiger partial charge in [0, 0.05) is 24.8 Å². The number of likely N-dealkylation sites (tertiary alicyclic amines) is 1. The van der Waals surface area contributed by atoms with E-state index in [9.17, 15) is 32.6 Å². The van der Waals surface area contributed by atoms with Crippen LogP contribution in [0.2, 0.25) is 0 Å². The number of ether oxygens (including phenoxy) is 1. The SMILES string of the molecule is C=CC(=O)N1CC[C@@H](n2nnc(-c3cc(OC[C@@H](O)c4ccc(F)cn4)c4c(C(F)(F)F)cnn4c3)c2C)[C@@H](O)C1. The topological polar surface area (TPSA) is 131 Å². The summed E-state index contributed by atoms with van der Waals surface area (Å²) in [5.41, 5.74) is -0.212. The number of aliphatic hydroxyl groups is 2. The molecule has 4 aromatic heterocycles. The summed E-state index contributed by atoms with van der Waals surface area (Å²) in [5.74, 6) is -1.15. The van der Waals surface area contributed by atoms with E-state index in [1.165, 1.54) is 34.0 Å². The van der Waals surface area contributed by atoms with Crippen molar-refractivity contribution in [2.45, 2.75) is 37.8 Å². The largest absolute Gasteiger partial charge is 0.488 e. The molecule has 0 bridgehead atoms. The second kappa shape index (κ2) is 10.9. The Labute approximate surface area is 230 Å². The van der Waals surface area contributed by atoms with Gasteiger partial charge in [-0.25, -0.2) is 13.6 Å². The summed E-state index contributed by atoms with van der Waals surface area (Å²) in [6, 6.07) is 3.17. The molecule has 5 heterocycles. The quantitative estimate of drug-likeness (QED) is 0.254. The molecule has 3 atom stereocenters. The highest BCUT2D eigenvalue weighted by molar-refractivity contribution is 5.87. The summed E-state index contributed by atoms with van der Waals surface area (Å²) >= 11 is 0. The smallest absolute Gasteiger partial charge is 0.420 e. The molecule has 11 nitrogen and oxygen atoms in total. The molecule has 41 heavy (non-hydrogen) atoms. The number of hydrogen-bond donors (Lipinski definition) is 2. The van der Waals surface area contributed by atoms with Crippen LogP contribution in [-0.4, -0.2) is 76.4 Å². The Bertz CT molecular complexity index is 1590. The van der Waals surface area contributed by atoms with Crippen molar-refractivity contribution in [3.63, 3.8) is 0 Å². The van der Waals surface area contributed by atoms with Crippen LogP contribution >= 0.6 is 0 Å². The standard InChI is InChI=1S/C26H25F4N7O4/c1-3-23(40)35-7-6-19(20(38)12-35)37-14(2)24(33-34-37)15-8-22(25-17(26(28,29)30)10-32-36(25)11-15)41-13-21(39)18-5-4-16(27)9-31-18/h3-5,8-11,19-21,38-39H,1,6-7,12-13H2,2H3/t19-,20+,21-/m1/s1. The molecular weight excluding hydrogens is 550 g/mol. The molecule has 1 amide bonds. The van der Waals surface area contributed by atoms with Crippen LogP contribution in [0.1, 0.15) is 35.5 Å². The van der Waals surface area contributed by atoms with Gasteiger partial charge in [-0.1, -0.05) is 11.8 Å². The highest BCUT2D eigenvalue weighted by atomic mass is 19.4. The van der Waals surface area contributed by atoms with E-state index in [-0.39, 0.29) is 29.4 Å². The first-order valence-corrected chi connectivity index (χ1v) is 12.5. The molecule has 0 saturated carbocycles. The Morgan fingerprint density at radius 1 is 1.32 bits per heavy atom. The number of nitrogens with zero attached hydrogens (tertiary/aromatic N) is 7. The van der Waals surface area contributed by atoms with Crippen LogP contribution < -0.4 is 4.74 Å². The number of carbonyl (C=O) groups is 1. The van der Waals surface area contributed by atoms with Gasteiger partial charge in [0.1, 0.15) is 41.1 Å². The van der Waals surface area contributed by atoms with Crippen LogP contribution in [0.3, 0.4) is 0 Å². The molecule has 0 aromatic carbocycles. The number of alkyl halides is 3. The first-order valence-electron chi connectivity index (χ1n) is 12.5. The molecule has 0 aliphatic carbocycles. The lowest BCUT2D eigenvalue weighted by Crippen LogP contribution is -2.47. The molecule has 0 radical (unpaired) electrons. The normalized spacial score (nSPS) is 18.5. The van der Waals surface area contributed by atoms with Crippen molar-refractivity contribution in [3.05, 3.63) is 72.2 Å². The summed E-state index contributed by atoms with van der Waals surface area (Å²) in [4.78, 5) is 17.2. The predicted octanol–water partition coefficient (Wildman–Crippen LogP) is 2.89. The van der Waals surface area contributed by atoms with E-state index in [4.69, 9.17) is 4.74 Å². The Morgan fingerprint density at radius 3 is 2.76 bits per heavy atom. The van der Waals surface area contributed by atoms with Crippen molar-refractivity contribution in [1.82, 2.24) is 34.5 Å². The van der Waals surface area contributed by atoms with Crippen molar-refractivity contribution in [1.29, 1.82) is 0 Å². The van der Waals surface area contributed by atoms with Gasteiger partial charge >= 0.3 is 6.18 Å². The van der Waals surface area contributed by atoms with E-state index < -0.39 is 42.4 Å². The van der Waals surface area contributed by atoms with Crippen molar-refractivity contribution >= 4 is 11.4 Å². The van der Waals surface area contributed by atoms with Gasteiger partial charge in [-0.05, 0) is 37.6 Å². The minimum atomic E-state index is -4.74. The van der Waals surface area contributed by atoms with Crippen molar-refractivity contribution in [2.75, 3.05) is 19.7 Å². The van der Waals surface area contributed by atoms with Crippen LogP contribution in [0.4, 0.5) is 17.6 Å². The Hall–Kier alpha value is -4.37. The van der Waals surface area contributed by atoms with Crippen LogP contribution in [0.25, 0.3) is 16.8 Å². The molecule has 2 N–H and O–H groups in total. The summed E-state index contributed by atoms with van der Waals surface area (Å²) in [6.07, 6.45) is -2.56. The summed E-state index contributed by atoms with van der Waals surface area (Å²) in [7, 11) is 0. The molecule has 4 aromatic rings. The molecule has 1 aliphatic heterocycles. The minimum absolute atomic E-state index is 0.0707. The van der Waals surface area contributed by atoms with Gasteiger partial charge in [0.05, 0.1) is 35.9 Å². The highest BCUT2D eigenvalue weighted by Gasteiger charge is 2.37. The van der Waals surface area contributed by atoms with Crippen LogP contribution in [0, 0.1) is 12.7 Å². The minimum Gasteiger partial charge on any atom is -0.488 e. The lowest BCUT2D eigenvalue weighted by molar-refractivity contribution is -0.136. The lowest BCUT2D eigenvalue weighted by Gasteiger charge is -2.35. The maximum atomic E-state index is 13.8. The zero-order valence-electron chi connectivity index (χ0n) is 21.7. The number of pyridine rings is 2. The van der Waals surface area contributed by atoms with Gasteiger partial charge < -0.3 is 19.8 Å². The summed E-state index contributed by atoms with van der Waals surface area (Å²) < 4.78 is 62.7. The Kier molecular flexibility index (Phi) is 7.48. The van der Waals surface area contributed by atoms with Gasteiger partial charge in [0.15, 0.2) is 0 Å². The number of hydrogen-bond acceptors (Lipinski definition) is 8. The van der Waals surface area contributed by atoms with E-state index >= 15 is 0 Å². The fourth-order valence-electron chi connectivity index (χ4n) is 4.83. The first-order chi connectivity index (χ1) is 19.5. The van der Waals surface area contributed by atoms with E-state index in [0.29, 0.717) is 36.1 Å². The molecule has 5 rings (SSSR count). The maximum absolute atomic E-state index is 13.8. The number of amides is 1. The molecule has 1 saturated heterocycles. The second-order valence-corrected chi connectivity index (χ2v) is 9.55. The Morgan fingerprint density at radius 2 is 2.10 bits per heavy atom. The van der Waals surface area contributed by atoms with Crippen LogP contribution in [0.5, 0.6) is 5.75 Å². The first kappa shape index (κ1) is 28.2. The fourth-order valence-corrected chi connectivity index (χ4v) is 4.83. The van der Waals surface area contributed by atoms with Gasteiger partial charge in [0.25, 0.3) is 0 Å². The predicted molar refractivity (Wildman–Crippen MR) is 135 cm³/mol. The highest BCUT2D eigenvalue weighted by Crippen LogP contribution is 2.39. The van der Waals surface area contributed by atoms with Gasteiger partial charge in [-0.15, -0.1) is 5.10 Å². The zero-order valence-corrected chi connectivity index (χ0v) is 21.7. The van der Waals surface area contributed by atoms with Crippen molar-refractivity contribution < 1.29 is 37.3 Å². The fraction of sp³-hybridized carbons (Fsp3) is 0.346. The van der Waals surface area contributed by atoms with Gasteiger partial charge in [0.2, 0.25) is 5.91 Å². The number of aromatic nitrogens is 6. The van der Waals surface area contributed by atoms with Crippen LogP contribution in [-0.2, 0) is 11.0 Å². The summed E-state index contributed by atoms with van der Waals surface area (Å²) in [6.45, 7) is 5.11. The number of fused-ring (bicyclic) bond motifs is 1. The Balaban J connectivity index is 1.48. The third-order valence-electron chi connectivity index (χ3n) is 6.92. The van der Waals surface area contributed by atoms with Crippen molar-refractivity contribution in [2.24, 2.45) is 0 Å². The number of piperidine rings is 1. The zero-order chi connectivity index (χ0) is 29.5. The van der Waals surface area contributed by atoms with E-state index in [0.717, 1.165) is 16.8 Å². The second-order valence-electron chi connectivity index (χ2n) is 9.55. The van der Waals surface area contributed by atoms with Crippen LogP contribution in [0.15, 0.2) is 49.4 Å². The number of aliphatic hydroxyl groups excluding tert-OH is 2. The number of carbonyl (C=O) groups excluding carboxylic acids is 1. The molecule has 0 unspecified atom stereocenters. The van der Waals surface area contributed by atoms with E-state index in [1.807, 2.05) is 0 Å². The van der Waals surface area contributed by atoms with E-state index in [2.05, 4.69) is 27.0 Å². The van der Waals surface area contributed by atoms with Gasteiger partial charge in [-0.3, -0.25) is 9.78 Å². The number of β-amino-alcohol motifs (C(OH)–C–C–N with tert-alkyl or cyclic N) is 1. The van der Waals surface area contributed by atoms with Gasteiger partial charge in [-0.2, -0.15) is 18.3 Å². The molecule has 0 spiro atoms. The maximum Gasteiger partial charge on any atom is 0.420 e. The average Bonchev–Trinajstić information content (AvgIpc) is 3.55. The number of halogens is 4. The molecule has 1 aliphatic rings. The summed E-state index contributed by atoms with van der Waals surface area (Å²) in [5, 5.41) is 33.4. The number of rotatable bonds is 7. The van der Waals surface area contributed by atoms with E-state index in [1.54, 1.807) is 6.92 Å².